The lowest BCUT2D eigenvalue weighted by molar-refractivity contribution is 0.0669. The second-order valence-corrected chi connectivity index (χ2v) is 6.29. The highest BCUT2D eigenvalue weighted by Gasteiger charge is 2.22. The zero-order chi connectivity index (χ0) is 17.2. The van der Waals surface area contributed by atoms with Crippen LogP contribution in [-0.4, -0.2) is 25.1 Å². The van der Waals surface area contributed by atoms with E-state index in [2.05, 4.69) is 9.71 Å². The first-order chi connectivity index (χ1) is 10.8. The molecule has 0 aliphatic rings. The van der Waals surface area contributed by atoms with Crippen LogP contribution in [0.25, 0.3) is 0 Å². The minimum atomic E-state index is -4.10. The molecule has 0 aliphatic carbocycles. The van der Waals surface area contributed by atoms with Crippen molar-refractivity contribution >= 4 is 10.0 Å². The number of hydrogen-bond acceptors (Lipinski definition) is 4. The van der Waals surface area contributed by atoms with Gasteiger partial charge in [-0.15, -0.1) is 0 Å². The Hall–Kier alpha value is -2.07. The minimum Gasteiger partial charge on any atom is -0.494 e. The van der Waals surface area contributed by atoms with Gasteiger partial charge in [0.2, 0.25) is 10.0 Å². The van der Waals surface area contributed by atoms with Crippen LogP contribution >= 0.6 is 0 Å². The summed E-state index contributed by atoms with van der Waals surface area (Å²) in [6.07, 6.45) is 2.17. The number of rotatable bonds is 6. The number of benzene rings is 1. The molecule has 0 fully saturated rings. The van der Waals surface area contributed by atoms with E-state index in [1.807, 2.05) is 0 Å². The van der Waals surface area contributed by atoms with Crippen molar-refractivity contribution in [1.82, 2.24) is 14.3 Å². The molecule has 0 radical (unpaired) electrons. The lowest BCUT2D eigenvalue weighted by atomic mass is 10.2. The molecule has 1 N–H and O–H groups in total. The Morgan fingerprint density at radius 2 is 2.09 bits per heavy atom. The van der Waals surface area contributed by atoms with E-state index in [-0.39, 0.29) is 22.0 Å². The predicted molar refractivity (Wildman–Crippen MR) is 75.2 cm³/mol. The topological polar surface area (TPSA) is 73.2 Å². The average molecular weight is 349 g/mol. The zero-order valence-corrected chi connectivity index (χ0v) is 13.1. The Kier molecular flexibility index (Phi) is 4.95. The first-order valence-corrected chi connectivity index (χ1v) is 7.89. The van der Waals surface area contributed by atoms with Gasteiger partial charge in [0.25, 0.3) is 0 Å². The number of nitrogens with zero attached hydrogens (tertiary/aromatic N) is 2. The third-order valence-electron chi connectivity index (χ3n) is 3.19. The van der Waals surface area contributed by atoms with E-state index in [0.717, 1.165) is 12.4 Å². The number of hydrogen-bond donors (Lipinski definition) is 1. The van der Waals surface area contributed by atoms with Gasteiger partial charge in [-0.1, -0.05) is 0 Å². The quantitative estimate of drug-likeness (QED) is 0.868. The van der Waals surface area contributed by atoms with Crippen molar-refractivity contribution in [3.8, 4) is 5.75 Å². The molecule has 0 aliphatic heterocycles. The zero-order valence-electron chi connectivity index (χ0n) is 12.3. The maximum Gasteiger partial charge on any atom is 0.319 e. The van der Waals surface area contributed by atoms with Gasteiger partial charge in [-0.05, 0) is 19.1 Å². The van der Waals surface area contributed by atoms with Crippen LogP contribution in [0.4, 0.5) is 13.2 Å². The first-order valence-electron chi connectivity index (χ1n) is 6.40. The second-order valence-electron chi connectivity index (χ2n) is 4.56. The molecule has 2 aromatic rings. The number of methoxy groups -OCH3 is 1. The summed E-state index contributed by atoms with van der Waals surface area (Å²) in [5, 5.41) is 0. The van der Waals surface area contributed by atoms with Crippen molar-refractivity contribution in [2.24, 2.45) is 0 Å². The number of imidazole rings is 1. The molecule has 2 rings (SSSR count). The maximum atomic E-state index is 13.9. The van der Waals surface area contributed by atoms with Crippen molar-refractivity contribution in [1.29, 1.82) is 0 Å². The summed E-state index contributed by atoms with van der Waals surface area (Å²) in [6, 6.07) is 2.36. The van der Waals surface area contributed by atoms with Crippen LogP contribution in [0.5, 0.6) is 5.75 Å². The van der Waals surface area contributed by atoms with Crippen molar-refractivity contribution in [2.75, 3.05) is 7.11 Å². The SMILES string of the molecule is COc1ccc(S(=O)(=O)NCc2nccn2C(F)F)c(C)c1F. The molecule has 10 heteroatoms. The van der Waals surface area contributed by atoms with E-state index >= 15 is 0 Å². The highest BCUT2D eigenvalue weighted by Crippen LogP contribution is 2.26. The molecule has 0 saturated carbocycles. The summed E-state index contributed by atoms with van der Waals surface area (Å²) in [5.41, 5.74) is -0.131. The summed E-state index contributed by atoms with van der Waals surface area (Å²) in [4.78, 5) is 3.36. The van der Waals surface area contributed by atoms with E-state index in [1.165, 1.54) is 26.2 Å². The van der Waals surface area contributed by atoms with Gasteiger partial charge in [-0.2, -0.15) is 8.78 Å². The summed E-state index contributed by atoms with van der Waals surface area (Å²) in [6.45, 7) is -2.00. The molecular weight excluding hydrogens is 335 g/mol. The van der Waals surface area contributed by atoms with Gasteiger partial charge in [0.05, 0.1) is 18.6 Å². The number of ether oxygens (including phenoxy) is 1. The molecule has 1 heterocycles. The Morgan fingerprint density at radius 3 is 2.70 bits per heavy atom. The monoisotopic (exact) mass is 349 g/mol. The highest BCUT2D eigenvalue weighted by atomic mass is 32.2. The van der Waals surface area contributed by atoms with E-state index in [9.17, 15) is 21.6 Å². The number of halogens is 3. The van der Waals surface area contributed by atoms with Crippen LogP contribution in [0.1, 0.15) is 17.9 Å². The van der Waals surface area contributed by atoms with Crippen LogP contribution in [0.2, 0.25) is 0 Å². The van der Waals surface area contributed by atoms with Gasteiger partial charge in [-0.3, -0.25) is 4.57 Å². The standard InChI is InChI=1S/C13H14F3N3O3S/c1-8-10(4-3-9(22-2)12(8)14)23(20,21)18-7-11-17-5-6-19(11)13(15)16/h3-6,13,18H,7H2,1-2H3. The molecule has 0 amide bonds. The molecule has 1 aromatic carbocycles. The van der Waals surface area contributed by atoms with Crippen LogP contribution in [0.15, 0.2) is 29.4 Å². The summed E-state index contributed by atoms with van der Waals surface area (Å²) >= 11 is 0. The number of sulfonamides is 1. The summed E-state index contributed by atoms with van der Waals surface area (Å²) < 4.78 is 71.2. The normalized spacial score (nSPS) is 11.9. The Labute approximate surface area is 131 Å². The van der Waals surface area contributed by atoms with E-state index < -0.39 is 28.9 Å². The van der Waals surface area contributed by atoms with Gasteiger partial charge in [0.15, 0.2) is 11.6 Å². The molecule has 0 atom stereocenters. The maximum absolute atomic E-state index is 13.9. The summed E-state index contributed by atoms with van der Waals surface area (Å²) in [7, 11) is -2.84. The van der Waals surface area contributed by atoms with Gasteiger partial charge in [-0.25, -0.2) is 22.5 Å². The second kappa shape index (κ2) is 6.59. The van der Waals surface area contributed by atoms with E-state index in [1.54, 1.807) is 0 Å². The lowest BCUT2D eigenvalue weighted by Gasteiger charge is -2.12. The molecule has 0 saturated heterocycles. The summed E-state index contributed by atoms with van der Waals surface area (Å²) in [5.74, 6) is -1.05. The van der Waals surface area contributed by atoms with Gasteiger partial charge < -0.3 is 4.74 Å². The van der Waals surface area contributed by atoms with E-state index in [4.69, 9.17) is 4.74 Å². The molecule has 6 nitrogen and oxygen atoms in total. The van der Waals surface area contributed by atoms with Crippen molar-refractivity contribution in [3.63, 3.8) is 0 Å². The fourth-order valence-electron chi connectivity index (χ4n) is 1.99. The van der Waals surface area contributed by atoms with Crippen LogP contribution in [0, 0.1) is 12.7 Å². The molecule has 23 heavy (non-hydrogen) atoms. The molecular formula is C13H14F3N3O3S. The van der Waals surface area contributed by atoms with Crippen molar-refractivity contribution in [3.05, 3.63) is 41.7 Å². The number of aromatic nitrogens is 2. The van der Waals surface area contributed by atoms with E-state index in [0.29, 0.717) is 4.57 Å². The number of alkyl halides is 2. The predicted octanol–water partition coefficient (Wildman–Crippen LogP) is 2.21. The molecule has 0 spiro atoms. The largest absolute Gasteiger partial charge is 0.494 e. The third kappa shape index (κ3) is 3.48. The van der Waals surface area contributed by atoms with Crippen molar-refractivity contribution < 1.29 is 26.3 Å². The smallest absolute Gasteiger partial charge is 0.319 e. The minimum absolute atomic E-state index is 0.0882. The first kappa shape index (κ1) is 17.3. The Bertz CT molecular complexity index is 806. The Balaban J connectivity index is 2.26. The number of nitrogens with one attached hydrogen (secondary N) is 1. The molecule has 126 valence electrons. The molecule has 1 aromatic heterocycles. The van der Waals surface area contributed by atoms with Gasteiger partial charge >= 0.3 is 6.55 Å². The fraction of sp³-hybridized carbons (Fsp3) is 0.308. The van der Waals surface area contributed by atoms with Gasteiger partial charge in [0, 0.05) is 18.0 Å². The Morgan fingerprint density at radius 1 is 1.39 bits per heavy atom. The van der Waals surface area contributed by atoms with Crippen LogP contribution in [0.3, 0.4) is 0 Å². The molecule has 0 unspecified atom stereocenters. The fourth-order valence-corrected chi connectivity index (χ4v) is 3.20. The van der Waals surface area contributed by atoms with Crippen LogP contribution in [-0.2, 0) is 16.6 Å². The third-order valence-corrected chi connectivity index (χ3v) is 4.74. The van der Waals surface area contributed by atoms with Crippen molar-refractivity contribution in [2.45, 2.75) is 24.9 Å². The van der Waals surface area contributed by atoms with Crippen LogP contribution < -0.4 is 9.46 Å². The molecule has 0 bridgehead atoms. The highest BCUT2D eigenvalue weighted by molar-refractivity contribution is 7.89. The average Bonchev–Trinajstić information content (AvgIpc) is 2.96. The lowest BCUT2D eigenvalue weighted by Crippen LogP contribution is -2.26. The van der Waals surface area contributed by atoms with Gasteiger partial charge in [0.1, 0.15) is 5.82 Å².